The van der Waals surface area contributed by atoms with E-state index >= 15 is 0 Å². The average Bonchev–Trinajstić information content (AvgIpc) is 4.05. The first-order valence-electron chi connectivity index (χ1n) is 27.3. The lowest BCUT2D eigenvalue weighted by Gasteiger charge is -2.26. The molecule has 0 saturated carbocycles. The molecule has 0 N–H and O–H groups in total. The molecule has 0 spiro atoms. The molecule has 80 heavy (non-hydrogen) atoms. The summed E-state index contributed by atoms with van der Waals surface area (Å²) in [5.74, 6) is 0. The number of nitrogens with zero attached hydrogens (tertiary/aromatic N) is 5. The summed E-state index contributed by atoms with van der Waals surface area (Å²) in [5, 5.41) is 21.9. The summed E-state index contributed by atoms with van der Waals surface area (Å²) in [4.78, 5) is 4.56. The molecule has 1 heterocycles. The monoisotopic (exact) mass is 1030 g/mol. The third-order valence-corrected chi connectivity index (χ3v) is 16.8. The molecule has 0 amide bonds. The summed E-state index contributed by atoms with van der Waals surface area (Å²) in [6.45, 7) is 15.7. The zero-order valence-corrected chi connectivity index (χ0v) is 45.5. The van der Waals surface area contributed by atoms with Gasteiger partial charge in [-0.1, -0.05) is 150 Å². The summed E-state index contributed by atoms with van der Waals surface area (Å²) in [6, 6.07) is 86.4. The molecule has 0 fully saturated rings. The fraction of sp³-hybridized carbons (Fsp3) is 0.0933. The second-order valence-electron chi connectivity index (χ2n) is 22.1. The van der Waals surface area contributed by atoms with Crippen LogP contribution in [-0.4, -0.2) is 4.57 Å². The third kappa shape index (κ3) is 8.14. The normalized spacial score (nSPS) is 13.8. The molecule has 10 aromatic carbocycles. The lowest BCUT2D eigenvalue weighted by molar-refractivity contribution is 0.654. The van der Waals surface area contributed by atoms with Crippen LogP contribution in [0.1, 0.15) is 73.6 Å². The fourth-order valence-corrected chi connectivity index (χ4v) is 12.6. The molecule has 0 atom stereocenters. The molecule has 0 saturated heterocycles. The van der Waals surface area contributed by atoms with Crippen LogP contribution in [0.15, 0.2) is 255 Å². The number of rotatable bonds is 11. The molecule has 0 unspecified atom stereocenters. The molecular weight excluding hydrogens is 971 g/mol. The van der Waals surface area contributed by atoms with Gasteiger partial charge in [0.05, 0.1) is 34.3 Å². The molecule has 0 bridgehead atoms. The van der Waals surface area contributed by atoms with E-state index in [1.54, 1.807) is 0 Å². The van der Waals surface area contributed by atoms with E-state index in [1.807, 2.05) is 54.6 Å². The smallest absolute Gasteiger partial charge is 0.0991 e. The predicted molar refractivity (Wildman–Crippen MR) is 333 cm³/mol. The van der Waals surface area contributed by atoms with Crippen molar-refractivity contribution in [2.45, 2.75) is 45.4 Å². The molecule has 11 aromatic rings. The second-order valence-corrected chi connectivity index (χ2v) is 22.1. The molecular formula is C75H57N5. The van der Waals surface area contributed by atoms with E-state index in [9.17, 15) is 10.5 Å². The van der Waals surface area contributed by atoms with Crippen LogP contribution in [0.25, 0.3) is 60.9 Å². The zero-order chi connectivity index (χ0) is 54.9. The van der Waals surface area contributed by atoms with Gasteiger partial charge < -0.3 is 14.4 Å². The van der Waals surface area contributed by atoms with Crippen LogP contribution in [0.4, 0.5) is 34.1 Å². The summed E-state index contributed by atoms with van der Waals surface area (Å²) >= 11 is 0. The first kappa shape index (κ1) is 49.4. The number of hydrogen-bond acceptors (Lipinski definition) is 4. The molecule has 2 aliphatic carbocycles. The SMILES string of the molecule is C=CC1=C(/C=C(\C)c2ccc(N(c3ccc(C#N)cc3)c3ccc4c(c3)c3cc(N(c5ccc(C#N)cc5)c5ccc(-c6ccc7c(c6)C(C)(C)c6ccccc6-7)cc5)ccc3n4-c3ccccc3)cc2)C(C)(C)c2ccccc21. The molecule has 2 aliphatic rings. The Bertz CT molecular complexity index is 4420. The minimum atomic E-state index is -0.167. The number of allylic oxidation sites excluding steroid dienone is 5. The number of para-hydroxylation sites is 1. The summed E-state index contributed by atoms with van der Waals surface area (Å²) in [5.41, 5.74) is 24.9. The van der Waals surface area contributed by atoms with Crippen LogP contribution in [0.3, 0.4) is 0 Å². The largest absolute Gasteiger partial charge is 0.310 e. The Morgan fingerprint density at radius 2 is 0.900 bits per heavy atom. The highest BCUT2D eigenvalue weighted by molar-refractivity contribution is 6.12. The van der Waals surface area contributed by atoms with Crippen LogP contribution in [0.5, 0.6) is 0 Å². The van der Waals surface area contributed by atoms with Gasteiger partial charge in [0.2, 0.25) is 0 Å². The number of benzene rings is 10. The lowest BCUT2D eigenvalue weighted by Crippen LogP contribution is -2.16. The predicted octanol–water partition coefficient (Wildman–Crippen LogP) is 19.8. The van der Waals surface area contributed by atoms with Crippen molar-refractivity contribution in [1.29, 1.82) is 10.5 Å². The summed E-state index contributed by atoms with van der Waals surface area (Å²) in [7, 11) is 0. The van der Waals surface area contributed by atoms with Crippen molar-refractivity contribution in [2.24, 2.45) is 0 Å². The molecule has 0 aliphatic heterocycles. The van der Waals surface area contributed by atoms with Gasteiger partial charge in [-0.3, -0.25) is 0 Å². The van der Waals surface area contributed by atoms with Crippen molar-refractivity contribution in [1.82, 2.24) is 4.57 Å². The second kappa shape index (κ2) is 19.4. The number of aromatic nitrogens is 1. The van der Waals surface area contributed by atoms with E-state index in [0.717, 1.165) is 72.7 Å². The van der Waals surface area contributed by atoms with Gasteiger partial charge in [-0.15, -0.1) is 0 Å². The highest BCUT2D eigenvalue weighted by Gasteiger charge is 2.37. The maximum atomic E-state index is 9.88. The quantitative estimate of drug-likeness (QED) is 0.130. The molecule has 382 valence electrons. The highest BCUT2D eigenvalue weighted by Crippen LogP contribution is 2.51. The average molecular weight is 1030 g/mol. The van der Waals surface area contributed by atoms with Crippen molar-refractivity contribution in [3.8, 4) is 40.1 Å². The van der Waals surface area contributed by atoms with Crippen molar-refractivity contribution >= 4 is 67.1 Å². The van der Waals surface area contributed by atoms with E-state index in [2.05, 4.69) is 256 Å². The Morgan fingerprint density at radius 1 is 0.450 bits per heavy atom. The van der Waals surface area contributed by atoms with Crippen molar-refractivity contribution in [3.63, 3.8) is 0 Å². The molecule has 1 aromatic heterocycles. The van der Waals surface area contributed by atoms with E-state index < -0.39 is 0 Å². The molecule has 5 nitrogen and oxygen atoms in total. The van der Waals surface area contributed by atoms with Gasteiger partial charge in [-0.2, -0.15) is 10.5 Å². The topological polar surface area (TPSA) is 59.0 Å². The first-order valence-corrected chi connectivity index (χ1v) is 27.3. The lowest BCUT2D eigenvalue weighted by atomic mass is 9.80. The molecule has 5 heteroatoms. The van der Waals surface area contributed by atoms with Crippen LogP contribution in [-0.2, 0) is 10.8 Å². The first-order chi connectivity index (χ1) is 38.9. The Labute approximate surface area is 468 Å². The van der Waals surface area contributed by atoms with Gasteiger partial charge in [-0.25, -0.2) is 0 Å². The number of anilines is 6. The highest BCUT2D eigenvalue weighted by atomic mass is 15.1. The standard InChI is InChI=1S/C75H57N5/c1-7-62-63-17-11-13-19-68(63)74(3,4)70(62)43-49(2)52-25-34-58(35-26-52)78(56-30-21-50(47-76)22-31-56)60-38-41-72-66(45-60)67-46-61(39-42-73(67)80(72)55-15-9-8-10-16-55)79(57-32-23-51(48-77)24-33-57)59-36-27-53(28-37-59)54-29-40-65-64-18-12-14-20-69(64)75(5,6)71(65)44-54/h7-46H,1H2,2-6H3/b49-43+. The number of nitriles is 2. The van der Waals surface area contributed by atoms with E-state index in [4.69, 9.17) is 0 Å². The Balaban J connectivity index is 0.926. The summed E-state index contributed by atoms with van der Waals surface area (Å²) in [6.07, 6.45) is 4.33. The van der Waals surface area contributed by atoms with Crippen LogP contribution in [0, 0.1) is 22.7 Å². The van der Waals surface area contributed by atoms with Gasteiger partial charge in [0.25, 0.3) is 0 Å². The van der Waals surface area contributed by atoms with E-state index in [1.165, 1.54) is 55.7 Å². The van der Waals surface area contributed by atoms with E-state index in [-0.39, 0.29) is 10.8 Å². The fourth-order valence-electron chi connectivity index (χ4n) is 12.6. The number of fused-ring (bicyclic) bond motifs is 7. The Morgan fingerprint density at radius 3 is 1.44 bits per heavy atom. The van der Waals surface area contributed by atoms with Gasteiger partial charge in [-0.05, 0) is 201 Å². The van der Waals surface area contributed by atoms with E-state index in [0.29, 0.717) is 11.1 Å². The van der Waals surface area contributed by atoms with Crippen LogP contribution < -0.4 is 9.80 Å². The molecule has 13 rings (SSSR count). The number of hydrogen-bond donors (Lipinski definition) is 0. The maximum absolute atomic E-state index is 9.88. The minimum absolute atomic E-state index is 0.0991. The Kier molecular flexibility index (Phi) is 12.0. The van der Waals surface area contributed by atoms with Gasteiger partial charge >= 0.3 is 0 Å². The van der Waals surface area contributed by atoms with Gasteiger partial charge in [0.15, 0.2) is 0 Å². The van der Waals surface area contributed by atoms with Gasteiger partial charge in [0, 0.05) is 61.4 Å². The molecule has 0 radical (unpaired) electrons. The maximum Gasteiger partial charge on any atom is 0.0991 e. The minimum Gasteiger partial charge on any atom is -0.310 e. The summed E-state index contributed by atoms with van der Waals surface area (Å²) < 4.78 is 2.35. The zero-order valence-electron chi connectivity index (χ0n) is 45.5. The van der Waals surface area contributed by atoms with Crippen molar-refractivity contribution < 1.29 is 0 Å². The van der Waals surface area contributed by atoms with Crippen molar-refractivity contribution in [2.75, 3.05) is 9.80 Å². The third-order valence-electron chi connectivity index (χ3n) is 16.8. The Hall–Kier alpha value is -10.2. The van der Waals surface area contributed by atoms with Crippen molar-refractivity contribution in [3.05, 3.63) is 294 Å². The van der Waals surface area contributed by atoms with Gasteiger partial charge in [0.1, 0.15) is 0 Å². The van der Waals surface area contributed by atoms with Crippen LogP contribution in [0.2, 0.25) is 0 Å². The van der Waals surface area contributed by atoms with Crippen LogP contribution >= 0.6 is 0 Å².